The number of methoxy groups -OCH3 is 2. The Hall–Kier alpha value is -3.39. The van der Waals surface area contributed by atoms with E-state index in [1.165, 1.54) is 5.56 Å². The number of ether oxygens (including phenoxy) is 3. The minimum atomic E-state index is -0.498. The normalized spacial score (nSPS) is 18.5. The van der Waals surface area contributed by atoms with Gasteiger partial charge in [0.2, 0.25) is 5.91 Å². The SMILES string of the molecule is COc1ccc([C@H]2NC(=O)CO[C@@H]2c2nc(C)nn2Cc2cccc(C)c2)cc1OC. The quantitative estimate of drug-likeness (QED) is 0.657. The van der Waals surface area contributed by atoms with E-state index in [2.05, 4.69) is 40.5 Å². The summed E-state index contributed by atoms with van der Waals surface area (Å²) in [6.07, 6.45) is -0.498. The van der Waals surface area contributed by atoms with Gasteiger partial charge in [-0.1, -0.05) is 35.9 Å². The fourth-order valence-corrected chi connectivity index (χ4v) is 3.86. The molecule has 31 heavy (non-hydrogen) atoms. The van der Waals surface area contributed by atoms with Crippen molar-refractivity contribution in [3.8, 4) is 11.5 Å². The molecule has 1 aliphatic heterocycles. The Morgan fingerprint density at radius 3 is 2.68 bits per heavy atom. The van der Waals surface area contributed by atoms with Crippen molar-refractivity contribution >= 4 is 5.91 Å². The lowest BCUT2D eigenvalue weighted by atomic mass is 9.98. The summed E-state index contributed by atoms with van der Waals surface area (Å²) in [5, 5.41) is 7.63. The topological polar surface area (TPSA) is 87.5 Å². The molecule has 2 heterocycles. The minimum absolute atomic E-state index is 0.0369. The number of morpholine rings is 1. The summed E-state index contributed by atoms with van der Waals surface area (Å²) in [7, 11) is 3.17. The third kappa shape index (κ3) is 4.39. The molecule has 1 saturated heterocycles. The van der Waals surface area contributed by atoms with Gasteiger partial charge in [0.25, 0.3) is 0 Å². The Balaban J connectivity index is 1.71. The van der Waals surface area contributed by atoms with Crippen LogP contribution in [-0.4, -0.2) is 41.5 Å². The smallest absolute Gasteiger partial charge is 0.246 e. The average molecular weight is 422 g/mol. The Bertz CT molecular complexity index is 1090. The van der Waals surface area contributed by atoms with Crippen LogP contribution < -0.4 is 14.8 Å². The summed E-state index contributed by atoms with van der Waals surface area (Å²) in [5.74, 6) is 2.32. The lowest BCUT2D eigenvalue weighted by molar-refractivity contribution is -0.138. The van der Waals surface area contributed by atoms with Gasteiger partial charge in [-0.25, -0.2) is 9.67 Å². The van der Waals surface area contributed by atoms with Gasteiger partial charge >= 0.3 is 0 Å². The van der Waals surface area contributed by atoms with Crippen LogP contribution in [0.15, 0.2) is 42.5 Å². The molecule has 0 bridgehead atoms. The third-order valence-electron chi connectivity index (χ3n) is 5.26. The maximum absolute atomic E-state index is 12.2. The van der Waals surface area contributed by atoms with Crippen LogP contribution in [0.4, 0.5) is 0 Å². The Morgan fingerprint density at radius 1 is 1.13 bits per heavy atom. The molecule has 162 valence electrons. The first-order valence-corrected chi connectivity index (χ1v) is 10.1. The van der Waals surface area contributed by atoms with Crippen LogP contribution in [0.2, 0.25) is 0 Å². The maximum atomic E-state index is 12.2. The number of aryl methyl sites for hydroxylation is 2. The highest BCUT2D eigenvalue weighted by Gasteiger charge is 2.36. The van der Waals surface area contributed by atoms with Gasteiger partial charge < -0.3 is 19.5 Å². The molecule has 1 fully saturated rings. The van der Waals surface area contributed by atoms with E-state index >= 15 is 0 Å². The van der Waals surface area contributed by atoms with Crippen LogP contribution in [-0.2, 0) is 16.1 Å². The predicted octanol–water partition coefficient (Wildman–Crippen LogP) is 2.89. The highest BCUT2D eigenvalue weighted by Crippen LogP contribution is 2.37. The van der Waals surface area contributed by atoms with Gasteiger partial charge in [-0.3, -0.25) is 4.79 Å². The number of aromatic nitrogens is 3. The standard InChI is InChI=1S/C23H26N4O4/c1-14-6-5-7-16(10-14)12-27-23(24-15(2)26-27)22-21(25-20(28)13-31-22)17-8-9-18(29-3)19(11-17)30-4/h5-11,21-22H,12-13H2,1-4H3,(H,25,28)/t21-,22+/m1/s1. The lowest BCUT2D eigenvalue weighted by Gasteiger charge is -2.32. The summed E-state index contributed by atoms with van der Waals surface area (Å²) in [6, 6.07) is 13.4. The summed E-state index contributed by atoms with van der Waals surface area (Å²) >= 11 is 0. The number of hydrogen-bond donors (Lipinski definition) is 1. The molecule has 8 nitrogen and oxygen atoms in total. The van der Waals surface area contributed by atoms with Gasteiger partial charge in [-0.2, -0.15) is 5.10 Å². The number of hydrogen-bond acceptors (Lipinski definition) is 6. The van der Waals surface area contributed by atoms with Gasteiger partial charge in [0.05, 0.1) is 26.8 Å². The number of carbonyl (C=O) groups excluding carboxylic acids is 1. The summed E-state index contributed by atoms with van der Waals surface area (Å²) in [4.78, 5) is 16.8. The van der Waals surface area contributed by atoms with E-state index in [0.717, 1.165) is 11.1 Å². The lowest BCUT2D eigenvalue weighted by Crippen LogP contribution is -2.42. The minimum Gasteiger partial charge on any atom is -0.493 e. The molecule has 0 aliphatic carbocycles. The fraction of sp³-hybridized carbons (Fsp3) is 0.348. The highest BCUT2D eigenvalue weighted by molar-refractivity contribution is 5.78. The first kappa shape index (κ1) is 20.9. The molecule has 8 heteroatoms. The first-order chi connectivity index (χ1) is 15.0. The number of nitrogens with zero attached hydrogens (tertiary/aromatic N) is 3. The molecule has 1 aliphatic rings. The van der Waals surface area contributed by atoms with E-state index in [0.29, 0.717) is 29.7 Å². The van der Waals surface area contributed by atoms with Gasteiger partial charge in [0.1, 0.15) is 18.5 Å². The molecule has 1 amide bonds. The number of amides is 1. The van der Waals surface area contributed by atoms with Crippen molar-refractivity contribution in [1.82, 2.24) is 20.1 Å². The fourth-order valence-electron chi connectivity index (χ4n) is 3.86. The summed E-state index contributed by atoms with van der Waals surface area (Å²) in [6.45, 7) is 4.43. The van der Waals surface area contributed by atoms with Crippen LogP contribution in [0, 0.1) is 13.8 Å². The van der Waals surface area contributed by atoms with Gasteiger partial charge in [0, 0.05) is 0 Å². The van der Waals surface area contributed by atoms with Gasteiger partial charge in [-0.15, -0.1) is 0 Å². The molecular formula is C23H26N4O4. The molecule has 2 aromatic carbocycles. The van der Waals surface area contributed by atoms with E-state index in [4.69, 9.17) is 14.2 Å². The molecule has 1 aromatic heterocycles. The Morgan fingerprint density at radius 2 is 1.94 bits per heavy atom. The van der Waals surface area contributed by atoms with E-state index in [-0.39, 0.29) is 12.5 Å². The van der Waals surface area contributed by atoms with Crippen molar-refractivity contribution < 1.29 is 19.0 Å². The number of rotatable bonds is 6. The average Bonchev–Trinajstić information content (AvgIpc) is 3.12. The zero-order chi connectivity index (χ0) is 22.0. The van der Waals surface area contributed by atoms with Crippen LogP contribution in [0.25, 0.3) is 0 Å². The van der Waals surface area contributed by atoms with Crippen molar-refractivity contribution in [3.63, 3.8) is 0 Å². The molecule has 3 aromatic rings. The van der Waals surface area contributed by atoms with Crippen LogP contribution in [0.1, 0.15) is 40.5 Å². The molecule has 1 N–H and O–H groups in total. The second-order valence-electron chi connectivity index (χ2n) is 7.56. The number of nitrogens with one attached hydrogen (secondary N) is 1. The largest absolute Gasteiger partial charge is 0.493 e. The zero-order valence-corrected chi connectivity index (χ0v) is 18.1. The van der Waals surface area contributed by atoms with Crippen LogP contribution >= 0.6 is 0 Å². The highest BCUT2D eigenvalue weighted by atomic mass is 16.5. The Kier molecular flexibility index (Phi) is 5.90. The van der Waals surface area contributed by atoms with Gasteiger partial charge in [0.15, 0.2) is 17.3 Å². The zero-order valence-electron chi connectivity index (χ0n) is 18.1. The van der Waals surface area contributed by atoms with Crippen LogP contribution in [0.5, 0.6) is 11.5 Å². The molecule has 0 saturated carbocycles. The molecule has 0 radical (unpaired) electrons. The van der Waals surface area contributed by atoms with E-state index < -0.39 is 12.1 Å². The second-order valence-corrected chi connectivity index (χ2v) is 7.56. The van der Waals surface area contributed by atoms with E-state index in [9.17, 15) is 4.79 Å². The predicted molar refractivity (Wildman–Crippen MR) is 114 cm³/mol. The number of benzene rings is 2. The van der Waals surface area contributed by atoms with Crippen molar-refractivity contribution in [2.24, 2.45) is 0 Å². The molecule has 0 unspecified atom stereocenters. The molecule has 4 rings (SSSR count). The number of carbonyl (C=O) groups is 1. The van der Waals surface area contributed by atoms with Crippen LogP contribution in [0.3, 0.4) is 0 Å². The van der Waals surface area contributed by atoms with Crippen molar-refractivity contribution in [3.05, 3.63) is 70.8 Å². The first-order valence-electron chi connectivity index (χ1n) is 10.1. The van der Waals surface area contributed by atoms with Crippen molar-refractivity contribution in [2.45, 2.75) is 32.5 Å². The second kappa shape index (κ2) is 8.77. The molecular weight excluding hydrogens is 396 g/mol. The van der Waals surface area contributed by atoms with Gasteiger partial charge in [-0.05, 0) is 37.1 Å². The third-order valence-corrected chi connectivity index (χ3v) is 5.26. The molecule has 2 atom stereocenters. The van der Waals surface area contributed by atoms with Crippen molar-refractivity contribution in [1.29, 1.82) is 0 Å². The summed E-state index contributed by atoms with van der Waals surface area (Å²) < 4.78 is 18.6. The van der Waals surface area contributed by atoms with E-state index in [1.807, 2.05) is 35.9 Å². The summed E-state index contributed by atoms with van der Waals surface area (Å²) in [5.41, 5.74) is 3.13. The van der Waals surface area contributed by atoms with E-state index in [1.54, 1.807) is 14.2 Å². The monoisotopic (exact) mass is 422 g/mol. The molecule has 0 spiro atoms. The van der Waals surface area contributed by atoms with Crippen molar-refractivity contribution in [2.75, 3.05) is 20.8 Å². The Labute approximate surface area is 181 Å². The maximum Gasteiger partial charge on any atom is 0.246 e.